The number of carbonyl (C=O) groups excluding carboxylic acids is 4. The second kappa shape index (κ2) is 19.0. The Labute approximate surface area is 382 Å². The molecule has 2 aliphatic rings. The third-order valence-electron chi connectivity index (χ3n) is 12.5. The molecule has 6 aromatic rings. The van der Waals surface area contributed by atoms with E-state index in [0.717, 1.165) is 0 Å². The number of hydrogen-bond donors (Lipinski definition) is 4. The van der Waals surface area contributed by atoms with Crippen LogP contribution in [0.1, 0.15) is 64.6 Å². The Morgan fingerprint density at radius 2 is 1.18 bits per heavy atom. The summed E-state index contributed by atoms with van der Waals surface area (Å²) >= 11 is 0. The average Bonchev–Trinajstić information content (AvgIpc) is 4.21. The third-order valence-corrected chi connectivity index (χ3v) is 14.3. The van der Waals surface area contributed by atoms with E-state index < -0.39 is 71.6 Å². The van der Waals surface area contributed by atoms with Crippen molar-refractivity contribution < 1.29 is 47.9 Å². The fraction of sp³-hybridized carbons (Fsp3) is 0.391. The second-order valence-electron chi connectivity index (χ2n) is 16.3. The van der Waals surface area contributed by atoms with Gasteiger partial charge in [-0.2, -0.15) is 0 Å². The van der Waals surface area contributed by atoms with Crippen LogP contribution in [0.5, 0.6) is 0 Å². The summed E-state index contributed by atoms with van der Waals surface area (Å²) in [4.78, 5) is 71.8. The van der Waals surface area contributed by atoms with Crippen molar-refractivity contribution >= 4 is 55.8 Å². The first-order chi connectivity index (χ1) is 32.3. The van der Waals surface area contributed by atoms with Crippen LogP contribution in [0.25, 0.3) is 44.3 Å². The summed E-state index contributed by atoms with van der Waals surface area (Å²) in [5, 5.41) is 6.54. The number of H-pyrrole nitrogens is 2. The molecule has 2 aliphatic heterocycles. The molecular formula is C46H53N9O10S. The minimum Gasteiger partial charge on any atom is -0.453 e. The van der Waals surface area contributed by atoms with Gasteiger partial charge < -0.3 is 49.3 Å². The molecule has 2 saturated heterocycles. The maximum Gasteiger partial charge on any atom is 0.407 e. The number of alkyl carbamates (subject to hydrolysis) is 2. The maximum absolute atomic E-state index is 14.8. The number of aromatic amines is 2. The van der Waals surface area contributed by atoms with Gasteiger partial charge in [-0.25, -0.2) is 31.9 Å². The van der Waals surface area contributed by atoms with Gasteiger partial charge in [0.15, 0.2) is 0 Å². The van der Waals surface area contributed by atoms with Crippen LogP contribution < -0.4 is 10.6 Å². The number of nitrogens with zero attached hydrogens (tertiary/aromatic N) is 5. The molecule has 348 valence electrons. The minimum atomic E-state index is -4.19. The second-order valence-corrected chi connectivity index (χ2v) is 18.1. The third kappa shape index (κ3) is 8.58. The summed E-state index contributed by atoms with van der Waals surface area (Å²) < 4.78 is 58.7. The van der Waals surface area contributed by atoms with Crippen LogP contribution in [0.2, 0.25) is 0 Å². The molecule has 0 unspecified atom stereocenters. The van der Waals surface area contributed by atoms with Crippen LogP contribution in [0, 0.1) is 0 Å². The Morgan fingerprint density at radius 3 is 1.62 bits per heavy atom. The first-order valence-electron chi connectivity index (χ1n) is 22.2. The lowest BCUT2D eigenvalue weighted by molar-refractivity contribution is -0.138. The van der Waals surface area contributed by atoms with Crippen LogP contribution in [0.4, 0.5) is 9.59 Å². The molecule has 0 spiro atoms. The number of benzene rings is 3. The highest BCUT2D eigenvalue weighted by Crippen LogP contribution is 2.39. The van der Waals surface area contributed by atoms with E-state index in [1.165, 1.54) is 25.3 Å². The number of likely N-dealkylation sites (tertiary alicyclic amines) is 2. The number of ether oxygens (including phenoxy) is 4. The van der Waals surface area contributed by atoms with Gasteiger partial charge in [-0.05, 0) is 63.8 Å². The normalized spacial score (nSPS) is 18.5. The Hall–Kier alpha value is -6.77. The molecule has 2 fully saturated rings. The van der Waals surface area contributed by atoms with E-state index in [9.17, 15) is 27.6 Å². The van der Waals surface area contributed by atoms with Crippen molar-refractivity contribution in [3.8, 4) is 22.5 Å². The standard InChI is InChI=1S/C46H53N9O10S/c1-26(62-3)39(51-45(58)64-5)43(56)53-20-10-14-35(53)41-47-24-33(49-41)28-16-18-31-32-19-17-29(23-38(32)55(37(31)22-28)66(60,61)30-12-8-7-9-13-30)34-25-48-42(50-34)36-15-11-21-54(36)44(57)40(27(2)63-4)52-46(59)65-6/h7-9,12-13,16-19,22-27,35-36,39-40H,10-11,14-15,20-21H2,1-6H3,(H,47,49)(H,48,50)(H,51,58)(H,52,59)/t26-,27+,35-,36-,39+,40-/m1/s1/i3D. The highest BCUT2D eigenvalue weighted by Gasteiger charge is 2.40. The molecule has 19 nitrogen and oxygen atoms in total. The van der Waals surface area contributed by atoms with Gasteiger partial charge in [0, 0.05) is 49.2 Å². The molecular weight excluding hydrogens is 871 g/mol. The number of nitrogens with one attached hydrogen (secondary N) is 4. The molecule has 6 atom stereocenters. The van der Waals surface area contributed by atoms with Crippen molar-refractivity contribution in [1.29, 1.82) is 0 Å². The SMILES string of the molecule is [2H]CO[C@H](C)[C@H](NC(=O)OC)C(=O)N1CCC[C@@H]1c1ncc(-c2ccc3c4ccc(-c5cnc([C@H]6CCCN6C(=O)[C@H](NC(=O)OC)[C@H](C)OC)[nH]5)cc4n(S(=O)(=O)c4ccccc4)c3c2)[nH]1. The van der Waals surface area contributed by atoms with Gasteiger partial charge in [0.2, 0.25) is 11.8 Å². The van der Waals surface area contributed by atoms with Gasteiger partial charge in [-0.15, -0.1) is 0 Å². The average molecular weight is 925 g/mol. The molecule has 0 aliphatic carbocycles. The zero-order chi connectivity index (χ0) is 47.6. The number of methoxy groups -OCH3 is 4. The van der Waals surface area contributed by atoms with E-state index in [2.05, 4.69) is 25.6 Å². The monoisotopic (exact) mass is 924 g/mol. The number of fused-ring (bicyclic) bond motifs is 3. The van der Waals surface area contributed by atoms with Crippen LogP contribution in [-0.4, -0.2) is 132 Å². The first kappa shape index (κ1) is 44.4. The Kier molecular flexibility index (Phi) is 12.8. The van der Waals surface area contributed by atoms with Crippen molar-refractivity contribution in [1.82, 2.24) is 44.3 Å². The minimum absolute atomic E-state index is 0.0967. The summed E-state index contributed by atoms with van der Waals surface area (Å²) in [6, 6.07) is 16.4. The number of carbonyl (C=O) groups is 4. The van der Waals surface area contributed by atoms with Crippen LogP contribution in [0.15, 0.2) is 84.0 Å². The van der Waals surface area contributed by atoms with Gasteiger partial charge in [0.25, 0.3) is 10.0 Å². The topological polar surface area (TPSA) is 232 Å². The molecule has 3 aromatic carbocycles. The van der Waals surface area contributed by atoms with E-state index in [-0.39, 0.29) is 10.8 Å². The lowest BCUT2D eigenvalue weighted by Gasteiger charge is -2.30. The Bertz CT molecular complexity index is 2900. The molecule has 0 bridgehead atoms. The Balaban J connectivity index is 1.14. The highest BCUT2D eigenvalue weighted by atomic mass is 32.2. The number of imidazole rings is 2. The summed E-state index contributed by atoms with van der Waals surface area (Å²) in [6.07, 6.45) is 2.92. The summed E-state index contributed by atoms with van der Waals surface area (Å²) in [6.45, 7) is 4.15. The molecule has 66 heavy (non-hydrogen) atoms. The molecule has 5 heterocycles. The van der Waals surface area contributed by atoms with Gasteiger partial charge in [0.1, 0.15) is 23.7 Å². The van der Waals surface area contributed by atoms with E-state index >= 15 is 0 Å². The lowest BCUT2D eigenvalue weighted by atomic mass is 10.1. The van der Waals surface area contributed by atoms with Gasteiger partial charge in [0.05, 0.1) is 79.6 Å². The van der Waals surface area contributed by atoms with Crippen molar-refractivity contribution in [3.05, 3.63) is 90.8 Å². The van der Waals surface area contributed by atoms with E-state index in [0.29, 0.717) is 94.7 Å². The maximum atomic E-state index is 14.8. The van der Waals surface area contributed by atoms with Gasteiger partial charge >= 0.3 is 12.2 Å². The predicted octanol–water partition coefficient (Wildman–Crippen LogP) is 5.66. The smallest absolute Gasteiger partial charge is 0.407 e. The molecule has 0 radical (unpaired) electrons. The van der Waals surface area contributed by atoms with Crippen LogP contribution in [-0.2, 0) is 38.6 Å². The lowest BCUT2D eigenvalue weighted by Crippen LogP contribution is -2.54. The number of aromatic nitrogens is 5. The largest absolute Gasteiger partial charge is 0.453 e. The van der Waals surface area contributed by atoms with E-state index in [1.54, 1.807) is 78.5 Å². The molecule has 8 rings (SSSR count). The van der Waals surface area contributed by atoms with E-state index in [4.69, 9.17) is 25.3 Å². The zero-order valence-electron chi connectivity index (χ0n) is 38.1. The predicted molar refractivity (Wildman–Crippen MR) is 243 cm³/mol. The molecule has 20 heteroatoms. The number of amides is 4. The summed E-state index contributed by atoms with van der Waals surface area (Å²) in [5.41, 5.74) is 3.36. The van der Waals surface area contributed by atoms with Crippen molar-refractivity contribution in [2.45, 2.75) is 80.8 Å². The van der Waals surface area contributed by atoms with Crippen molar-refractivity contribution in [2.75, 3.05) is 41.5 Å². The molecule has 0 saturated carbocycles. The quantitative estimate of drug-likeness (QED) is 0.104. The van der Waals surface area contributed by atoms with Crippen molar-refractivity contribution in [3.63, 3.8) is 0 Å². The van der Waals surface area contributed by atoms with E-state index in [1.807, 2.05) is 24.3 Å². The highest BCUT2D eigenvalue weighted by molar-refractivity contribution is 7.90. The van der Waals surface area contributed by atoms with Crippen LogP contribution >= 0.6 is 0 Å². The number of rotatable bonds is 14. The Morgan fingerprint density at radius 1 is 0.712 bits per heavy atom. The fourth-order valence-corrected chi connectivity index (χ4v) is 10.5. The first-order valence-corrected chi connectivity index (χ1v) is 23.0. The number of hydrogen-bond acceptors (Lipinski definition) is 12. The summed E-state index contributed by atoms with van der Waals surface area (Å²) in [7, 11) is -0.703. The fourth-order valence-electron chi connectivity index (χ4n) is 8.93. The van der Waals surface area contributed by atoms with Crippen molar-refractivity contribution in [2.24, 2.45) is 0 Å². The van der Waals surface area contributed by atoms with Gasteiger partial charge in [-0.1, -0.05) is 42.5 Å². The summed E-state index contributed by atoms with van der Waals surface area (Å²) in [5.74, 6) is 0.319. The molecule has 3 aromatic heterocycles. The van der Waals surface area contributed by atoms with Crippen LogP contribution in [0.3, 0.4) is 0 Å². The van der Waals surface area contributed by atoms with Gasteiger partial charge in [-0.3, -0.25) is 9.59 Å². The molecule has 4 N–H and O–H groups in total. The zero-order valence-corrected chi connectivity index (χ0v) is 38.0. The molecule has 4 amide bonds.